The number of esters is 1. The third-order valence-electron chi connectivity index (χ3n) is 4.62. The molecule has 0 unspecified atom stereocenters. The minimum absolute atomic E-state index is 0.0133. The highest BCUT2D eigenvalue weighted by Gasteiger charge is 2.46. The fourth-order valence-corrected chi connectivity index (χ4v) is 3.20. The third-order valence-corrected chi connectivity index (χ3v) is 4.62. The van der Waals surface area contributed by atoms with Crippen molar-refractivity contribution in [3.63, 3.8) is 0 Å². The molecule has 1 aromatic rings. The molecule has 6 heteroatoms. The van der Waals surface area contributed by atoms with Gasteiger partial charge in [0.2, 0.25) is 11.8 Å². The maximum Gasteiger partial charge on any atom is 0.307 e. The van der Waals surface area contributed by atoms with Crippen molar-refractivity contribution in [2.24, 2.45) is 11.8 Å². The summed E-state index contributed by atoms with van der Waals surface area (Å²) < 4.78 is 5.17. The molecular formula is C19H18N2O4. The summed E-state index contributed by atoms with van der Waals surface area (Å²) in [6.45, 7) is 0.165. The molecule has 0 spiro atoms. The number of allylic oxidation sites excluding steroid dienone is 2. The zero-order valence-electron chi connectivity index (χ0n) is 13.7. The van der Waals surface area contributed by atoms with E-state index in [4.69, 9.17) is 10.00 Å². The number of nitrogens with zero attached hydrogens (tertiary/aromatic N) is 2. The van der Waals surface area contributed by atoms with Crippen LogP contribution in [0.5, 0.6) is 0 Å². The summed E-state index contributed by atoms with van der Waals surface area (Å²) in [5, 5.41) is 8.74. The Hall–Kier alpha value is -2.94. The van der Waals surface area contributed by atoms with Crippen molar-refractivity contribution in [1.82, 2.24) is 4.90 Å². The van der Waals surface area contributed by atoms with Crippen LogP contribution >= 0.6 is 0 Å². The minimum Gasteiger partial charge on any atom is -0.461 e. The number of likely N-dealkylation sites (tertiary alicyclic amines) is 1. The van der Waals surface area contributed by atoms with Crippen LogP contribution in [-0.2, 0) is 25.7 Å². The maximum atomic E-state index is 12.3. The highest BCUT2D eigenvalue weighted by atomic mass is 16.5. The van der Waals surface area contributed by atoms with Crippen LogP contribution in [0.4, 0.5) is 0 Å². The first-order valence-corrected chi connectivity index (χ1v) is 8.25. The first kappa shape index (κ1) is 16.9. The monoisotopic (exact) mass is 338 g/mol. The quantitative estimate of drug-likeness (QED) is 0.465. The standard InChI is InChI=1S/C19H18N2O4/c20-11-13-5-7-14(8-6-13)12-25-17(22)9-10-21-18(23)15-3-1-2-4-16(15)19(21)24/h1-2,5-8,15-16H,3-4,9-10,12H2/t15-,16-/m0/s1. The minimum atomic E-state index is -0.460. The molecule has 1 aliphatic carbocycles. The molecule has 1 aliphatic heterocycles. The van der Waals surface area contributed by atoms with Gasteiger partial charge in [-0.15, -0.1) is 0 Å². The second-order valence-corrected chi connectivity index (χ2v) is 6.20. The van der Waals surface area contributed by atoms with Gasteiger partial charge in [0, 0.05) is 6.54 Å². The van der Waals surface area contributed by atoms with Crippen molar-refractivity contribution in [3.8, 4) is 6.07 Å². The first-order valence-electron chi connectivity index (χ1n) is 8.25. The number of carbonyl (C=O) groups excluding carboxylic acids is 3. The fourth-order valence-electron chi connectivity index (χ4n) is 3.20. The molecule has 1 heterocycles. The largest absolute Gasteiger partial charge is 0.461 e. The molecule has 6 nitrogen and oxygen atoms in total. The summed E-state index contributed by atoms with van der Waals surface area (Å²) in [5.74, 6) is -1.37. The molecule has 0 bridgehead atoms. The van der Waals surface area contributed by atoms with Gasteiger partial charge in [0.05, 0.1) is 29.9 Å². The molecule has 2 aliphatic rings. The van der Waals surface area contributed by atoms with Crippen LogP contribution in [0.1, 0.15) is 30.4 Å². The van der Waals surface area contributed by atoms with E-state index in [1.165, 1.54) is 4.90 Å². The fraction of sp³-hybridized carbons (Fsp3) is 0.368. The van der Waals surface area contributed by atoms with Crippen LogP contribution in [0.3, 0.4) is 0 Å². The van der Waals surface area contributed by atoms with Crippen molar-refractivity contribution in [2.45, 2.75) is 25.9 Å². The lowest BCUT2D eigenvalue weighted by atomic mass is 9.85. The van der Waals surface area contributed by atoms with Crippen molar-refractivity contribution < 1.29 is 19.1 Å². The Balaban J connectivity index is 1.48. The predicted molar refractivity (Wildman–Crippen MR) is 87.6 cm³/mol. The number of ether oxygens (including phenoxy) is 1. The zero-order chi connectivity index (χ0) is 17.8. The zero-order valence-corrected chi connectivity index (χ0v) is 13.7. The van der Waals surface area contributed by atoms with Crippen LogP contribution in [0.25, 0.3) is 0 Å². The number of amides is 2. The van der Waals surface area contributed by atoms with E-state index in [1.807, 2.05) is 18.2 Å². The summed E-state index contributed by atoms with van der Waals surface area (Å²) in [4.78, 5) is 37.7. The highest BCUT2D eigenvalue weighted by molar-refractivity contribution is 6.05. The van der Waals surface area contributed by atoms with Crippen LogP contribution < -0.4 is 0 Å². The van der Waals surface area contributed by atoms with Gasteiger partial charge >= 0.3 is 5.97 Å². The Morgan fingerprint density at radius 2 is 1.72 bits per heavy atom. The Kier molecular flexibility index (Phi) is 4.94. The Morgan fingerprint density at radius 3 is 2.28 bits per heavy atom. The molecule has 1 saturated heterocycles. The van der Waals surface area contributed by atoms with Gasteiger partial charge in [0.25, 0.3) is 0 Å². The SMILES string of the molecule is N#Cc1ccc(COC(=O)CCN2C(=O)[C@H]3CC=CC[C@@H]3C2=O)cc1. The number of benzene rings is 1. The van der Waals surface area contributed by atoms with Gasteiger partial charge in [0.1, 0.15) is 6.61 Å². The Morgan fingerprint density at radius 1 is 1.12 bits per heavy atom. The Labute approximate surface area is 145 Å². The number of nitriles is 1. The predicted octanol–water partition coefficient (Wildman–Crippen LogP) is 1.94. The van der Waals surface area contributed by atoms with Crippen molar-refractivity contribution in [3.05, 3.63) is 47.5 Å². The lowest BCUT2D eigenvalue weighted by Crippen LogP contribution is -2.33. The van der Waals surface area contributed by atoms with Gasteiger partial charge in [-0.2, -0.15) is 5.26 Å². The van der Waals surface area contributed by atoms with Crippen LogP contribution in [0.2, 0.25) is 0 Å². The average molecular weight is 338 g/mol. The second kappa shape index (κ2) is 7.31. The molecule has 1 aromatic carbocycles. The van der Waals surface area contributed by atoms with Crippen molar-refractivity contribution >= 4 is 17.8 Å². The number of imide groups is 1. The molecule has 25 heavy (non-hydrogen) atoms. The van der Waals surface area contributed by atoms with Crippen LogP contribution in [0, 0.1) is 23.2 Å². The van der Waals surface area contributed by atoms with E-state index in [-0.39, 0.29) is 43.2 Å². The maximum absolute atomic E-state index is 12.3. The van der Waals surface area contributed by atoms with Gasteiger partial charge in [-0.3, -0.25) is 19.3 Å². The molecule has 0 saturated carbocycles. The molecule has 2 amide bonds. The average Bonchev–Trinajstić information content (AvgIpc) is 2.89. The van der Waals surface area contributed by atoms with Crippen LogP contribution in [-0.4, -0.2) is 29.2 Å². The molecule has 0 radical (unpaired) electrons. The van der Waals surface area contributed by atoms with Gasteiger partial charge in [-0.1, -0.05) is 24.3 Å². The summed E-state index contributed by atoms with van der Waals surface area (Å²) in [5.41, 5.74) is 1.31. The lowest BCUT2D eigenvalue weighted by molar-refractivity contribution is -0.146. The third kappa shape index (κ3) is 3.61. The summed E-state index contributed by atoms with van der Waals surface area (Å²) in [6, 6.07) is 8.76. The van der Waals surface area contributed by atoms with Gasteiger partial charge < -0.3 is 4.74 Å². The smallest absolute Gasteiger partial charge is 0.307 e. The molecule has 1 fully saturated rings. The topological polar surface area (TPSA) is 87.5 Å². The number of fused-ring (bicyclic) bond motifs is 1. The number of hydrogen-bond donors (Lipinski definition) is 0. The lowest BCUT2D eigenvalue weighted by Gasteiger charge is -2.14. The molecular weight excluding hydrogens is 320 g/mol. The van der Waals surface area contributed by atoms with Gasteiger partial charge in [0.15, 0.2) is 0 Å². The van der Waals surface area contributed by atoms with Crippen LogP contribution in [0.15, 0.2) is 36.4 Å². The van der Waals surface area contributed by atoms with Gasteiger partial charge in [-0.25, -0.2) is 0 Å². The Bertz CT molecular complexity index is 735. The van der Waals surface area contributed by atoms with E-state index < -0.39 is 5.97 Å². The number of rotatable bonds is 5. The molecule has 3 rings (SSSR count). The van der Waals surface area contributed by atoms with E-state index >= 15 is 0 Å². The molecule has 0 aromatic heterocycles. The number of carbonyl (C=O) groups is 3. The summed E-state index contributed by atoms with van der Waals surface area (Å²) in [7, 11) is 0. The summed E-state index contributed by atoms with van der Waals surface area (Å²) >= 11 is 0. The summed E-state index contributed by atoms with van der Waals surface area (Å²) in [6.07, 6.45) is 5.04. The van der Waals surface area contributed by atoms with E-state index in [0.717, 1.165) is 5.56 Å². The second-order valence-electron chi connectivity index (χ2n) is 6.20. The highest BCUT2D eigenvalue weighted by Crippen LogP contribution is 2.34. The molecule has 2 atom stereocenters. The van der Waals surface area contributed by atoms with E-state index in [1.54, 1.807) is 24.3 Å². The van der Waals surface area contributed by atoms with E-state index in [0.29, 0.717) is 18.4 Å². The molecule has 0 N–H and O–H groups in total. The van der Waals surface area contributed by atoms with Gasteiger partial charge in [-0.05, 0) is 30.5 Å². The first-order chi connectivity index (χ1) is 12.1. The van der Waals surface area contributed by atoms with E-state index in [9.17, 15) is 14.4 Å². The van der Waals surface area contributed by atoms with E-state index in [2.05, 4.69) is 0 Å². The normalized spacial score (nSPS) is 21.8. The van der Waals surface area contributed by atoms with Crippen molar-refractivity contribution in [1.29, 1.82) is 5.26 Å². The van der Waals surface area contributed by atoms with Crippen molar-refractivity contribution in [2.75, 3.05) is 6.54 Å². The number of hydrogen-bond acceptors (Lipinski definition) is 5. The molecule has 128 valence electrons.